The smallest absolute Gasteiger partial charge is 0.328 e. The average molecular weight is 423 g/mol. The fourth-order valence-corrected chi connectivity index (χ4v) is 4.12. The molecule has 2 unspecified atom stereocenters. The zero-order valence-electron chi connectivity index (χ0n) is 17.9. The first-order valence-corrected chi connectivity index (χ1v) is 10.2. The van der Waals surface area contributed by atoms with Crippen molar-refractivity contribution in [3.8, 4) is 0 Å². The molecule has 1 saturated heterocycles. The summed E-state index contributed by atoms with van der Waals surface area (Å²) in [4.78, 5) is 37.0. The highest BCUT2D eigenvalue weighted by Crippen LogP contribution is 2.29. The first-order chi connectivity index (χ1) is 14.8. The first-order valence-electron chi connectivity index (χ1n) is 10.2. The highest BCUT2D eigenvalue weighted by Gasteiger charge is 2.50. The lowest BCUT2D eigenvalue weighted by atomic mass is 10.1. The topological polar surface area (TPSA) is 59.5 Å². The lowest BCUT2D eigenvalue weighted by Crippen LogP contribution is -2.64. The van der Waals surface area contributed by atoms with Crippen LogP contribution >= 0.6 is 0 Å². The summed E-state index contributed by atoms with van der Waals surface area (Å²) in [5, 5.41) is 0. The Bertz CT molecular complexity index is 995. The van der Waals surface area contributed by atoms with Crippen LogP contribution in [0.3, 0.4) is 0 Å². The van der Waals surface area contributed by atoms with Crippen LogP contribution in [-0.2, 0) is 17.9 Å². The number of benzene rings is 2. The number of amidine groups is 1. The molecule has 2 heterocycles. The highest BCUT2D eigenvalue weighted by molar-refractivity contribution is 6.04. The van der Waals surface area contributed by atoms with Crippen LogP contribution < -0.4 is 0 Å². The van der Waals surface area contributed by atoms with Crippen molar-refractivity contribution in [3.63, 3.8) is 0 Å². The molecule has 2 aliphatic heterocycles. The molecule has 0 spiro atoms. The number of amides is 3. The lowest BCUT2D eigenvalue weighted by Gasteiger charge is -2.40. The number of rotatable bonds is 6. The molecule has 0 saturated carbocycles. The molecule has 0 aromatic heterocycles. The Balaban J connectivity index is 1.60. The van der Waals surface area contributed by atoms with Crippen molar-refractivity contribution < 1.29 is 14.0 Å². The van der Waals surface area contributed by atoms with E-state index >= 15 is 0 Å². The SMILES string of the molecule is CN(CC1=NC2C(C(=O)N(C)C(=O)N2C)N1Cc1ccc(F)cc1)Cc1ccccc1. The quantitative estimate of drug-likeness (QED) is 0.716. The van der Waals surface area contributed by atoms with E-state index in [4.69, 9.17) is 4.99 Å². The van der Waals surface area contributed by atoms with E-state index in [0.717, 1.165) is 22.8 Å². The summed E-state index contributed by atoms with van der Waals surface area (Å²) in [6.07, 6.45) is -0.572. The molecule has 4 rings (SSSR count). The summed E-state index contributed by atoms with van der Waals surface area (Å²) < 4.78 is 13.4. The molecule has 2 aromatic rings. The number of hydrogen-bond donors (Lipinski definition) is 0. The zero-order chi connectivity index (χ0) is 22.1. The average Bonchev–Trinajstić information content (AvgIpc) is 3.11. The van der Waals surface area contributed by atoms with Crippen LogP contribution in [-0.4, -0.2) is 77.3 Å². The maximum Gasteiger partial charge on any atom is 0.328 e. The number of carbonyl (C=O) groups is 2. The van der Waals surface area contributed by atoms with Gasteiger partial charge in [-0.3, -0.25) is 14.6 Å². The van der Waals surface area contributed by atoms with Crippen LogP contribution in [0.4, 0.5) is 9.18 Å². The second kappa shape index (κ2) is 8.47. The third-order valence-corrected chi connectivity index (χ3v) is 5.77. The second-order valence-electron chi connectivity index (χ2n) is 8.11. The fraction of sp³-hybridized carbons (Fsp3) is 0.348. The predicted octanol–water partition coefficient (Wildman–Crippen LogP) is 2.39. The molecular weight excluding hydrogens is 397 g/mol. The molecule has 7 nitrogen and oxygen atoms in total. The Morgan fingerprint density at radius 2 is 1.65 bits per heavy atom. The van der Waals surface area contributed by atoms with Gasteiger partial charge in [-0.1, -0.05) is 42.5 Å². The maximum absolute atomic E-state index is 13.4. The van der Waals surface area contributed by atoms with E-state index in [1.165, 1.54) is 29.6 Å². The van der Waals surface area contributed by atoms with Crippen molar-refractivity contribution in [2.24, 2.45) is 4.99 Å². The van der Waals surface area contributed by atoms with Crippen LogP contribution in [0.2, 0.25) is 0 Å². The summed E-state index contributed by atoms with van der Waals surface area (Å²) in [5.41, 5.74) is 2.05. The van der Waals surface area contributed by atoms with E-state index in [1.54, 1.807) is 19.2 Å². The number of aliphatic imine (C=N–C) groups is 1. The van der Waals surface area contributed by atoms with Gasteiger partial charge in [-0.25, -0.2) is 14.2 Å². The minimum atomic E-state index is -0.599. The van der Waals surface area contributed by atoms with E-state index in [0.29, 0.717) is 13.1 Å². The van der Waals surface area contributed by atoms with Crippen molar-refractivity contribution in [1.29, 1.82) is 0 Å². The van der Waals surface area contributed by atoms with Crippen molar-refractivity contribution >= 4 is 17.8 Å². The summed E-state index contributed by atoms with van der Waals surface area (Å²) >= 11 is 0. The Morgan fingerprint density at radius 1 is 0.968 bits per heavy atom. The normalized spacial score (nSPS) is 21.1. The molecule has 3 amide bonds. The van der Waals surface area contributed by atoms with E-state index in [-0.39, 0.29) is 17.8 Å². The van der Waals surface area contributed by atoms with Crippen molar-refractivity contribution in [2.45, 2.75) is 25.3 Å². The van der Waals surface area contributed by atoms with Gasteiger partial charge in [0.05, 0.1) is 6.54 Å². The number of likely N-dealkylation sites (N-methyl/N-ethyl adjacent to an activating group) is 3. The number of nitrogens with zero attached hydrogens (tertiary/aromatic N) is 5. The Hall–Kier alpha value is -3.26. The van der Waals surface area contributed by atoms with Gasteiger partial charge in [0, 0.05) is 27.2 Å². The molecule has 2 aliphatic rings. The Kier molecular flexibility index (Phi) is 5.73. The summed E-state index contributed by atoms with van der Waals surface area (Å²) in [6, 6.07) is 15.4. The van der Waals surface area contributed by atoms with E-state index < -0.39 is 12.2 Å². The van der Waals surface area contributed by atoms with Gasteiger partial charge in [0.25, 0.3) is 5.91 Å². The number of hydrogen-bond acceptors (Lipinski definition) is 5. The molecule has 0 N–H and O–H groups in total. The number of fused-ring (bicyclic) bond motifs is 1. The first kappa shape index (κ1) is 21.0. The molecule has 162 valence electrons. The number of halogens is 1. The lowest BCUT2D eigenvalue weighted by molar-refractivity contribution is -0.136. The molecule has 2 aromatic carbocycles. The summed E-state index contributed by atoms with van der Waals surface area (Å²) in [7, 11) is 5.16. The van der Waals surface area contributed by atoms with Gasteiger partial charge in [-0.05, 0) is 30.3 Å². The third-order valence-electron chi connectivity index (χ3n) is 5.77. The maximum atomic E-state index is 13.4. The van der Waals surface area contributed by atoms with Crippen LogP contribution in [0.15, 0.2) is 59.6 Å². The predicted molar refractivity (Wildman–Crippen MR) is 116 cm³/mol. The van der Waals surface area contributed by atoms with Gasteiger partial charge in [-0.2, -0.15) is 0 Å². The van der Waals surface area contributed by atoms with Crippen molar-refractivity contribution in [3.05, 3.63) is 71.5 Å². The largest absolute Gasteiger partial charge is 0.339 e. The van der Waals surface area contributed by atoms with Crippen molar-refractivity contribution in [1.82, 2.24) is 19.6 Å². The van der Waals surface area contributed by atoms with E-state index in [1.807, 2.05) is 30.1 Å². The Morgan fingerprint density at radius 3 is 2.32 bits per heavy atom. The molecule has 8 heteroatoms. The summed E-state index contributed by atoms with van der Waals surface area (Å²) in [5.74, 6) is 0.152. The van der Waals surface area contributed by atoms with Gasteiger partial charge in [-0.15, -0.1) is 0 Å². The highest BCUT2D eigenvalue weighted by atomic mass is 19.1. The number of carbonyl (C=O) groups excluding carboxylic acids is 2. The van der Waals surface area contributed by atoms with Crippen LogP contribution in [0.5, 0.6) is 0 Å². The molecule has 1 fully saturated rings. The minimum Gasteiger partial charge on any atom is -0.339 e. The molecule has 0 radical (unpaired) electrons. The zero-order valence-corrected chi connectivity index (χ0v) is 17.9. The Labute approximate surface area is 181 Å². The van der Waals surface area contributed by atoms with Gasteiger partial charge in [0.2, 0.25) is 0 Å². The summed E-state index contributed by atoms with van der Waals surface area (Å²) in [6.45, 7) is 1.64. The monoisotopic (exact) mass is 423 g/mol. The van der Waals surface area contributed by atoms with Crippen LogP contribution in [0.1, 0.15) is 11.1 Å². The van der Waals surface area contributed by atoms with E-state index in [9.17, 15) is 14.0 Å². The molecule has 2 atom stereocenters. The molecular formula is C23H26FN5O2. The van der Waals surface area contributed by atoms with Crippen LogP contribution in [0, 0.1) is 5.82 Å². The van der Waals surface area contributed by atoms with Crippen LogP contribution in [0.25, 0.3) is 0 Å². The molecule has 31 heavy (non-hydrogen) atoms. The van der Waals surface area contributed by atoms with Gasteiger partial charge in [0.1, 0.15) is 11.7 Å². The molecule has 0 bridgehead atoms. The second-order valence-corrected chi connectivity index (χ2v) is 8.11. The van der Waals surface area contributed by atoms with E-state index in [2.05, 4.69) is 17.0 Å². The van der Waals surface area contributed by atoms with Crippen molar-refractivity contribution in [2.75, 3.05) is 27.7 Å². The number of urea groups is 1. The third kappa shape index (κ3) is 4.16. The van der Waals surface area contributed by atoms with Gasteiger partial charge in [0.15, 0.2) is 12.2 Å². The standard InChI is InChI=1S/C23H26FN5O2/c1-26(13-16-7-5-4-6-8-16)15-19-25-21-20(22(30)28(3)23(31)27(21)2)29(19)14-17-9-11-18(24)12-10-17/h4-12,20-21H,13-15H2,1-3H3. The van der Waals surface area contributed by atoms with Gasteiger partial charge >= 0.3 is 6.03 Å². The minimum absolute atomic E-state index is 0.278. The molecule has 0 aliphatic carbocycles. The van der Waals surface area contributed by atoms with Gasteiger partial charge < -0.3 is 9.80 Å². The number of imide groups is 1. The fourth-order valence-electron chi connectivity index (χ4n) is 4.12.